The minimum absolute atomic E-state index is 0.112. The molecule has 1 unspecified atom stereocenters. The maximum atomic E-state index is 12.1. The minimum atomic E-state index is -0.483. The van der Waals surface area contributed by atoms with Crippen LogP contribution in [0, 0.1) is 11.3 Å². The van der Waals surface area contributed by atoms with Gasteiger partial charge in [-0.3, -0.25) is 0 Å². The zero-order valence-electron chi connectivity index (χ0n) is 14.7. The average Bonchev–Trinajstić information content (AvgIpc) is 2.49. The van der Waals surface area contributed by atoms with Crippen LogP contribution in [-0.2, 0) is 4.74 Å². The lowest BCUT2D eigenvalue weighted by Crippen LogP contribution is -2.40. The molecule has 23 heavy (non-hydrogen) atoms. The second-order valence-corrected chi connectivity index (χ2v) is 6.47. The van der Waals surface area contributed by atoms with E-state index in [4.69, 9.17) is 10.00 Å². The van der Waals surface area contributed by atoms with E-state index in [9.17, 15) is 4.79 Å². The van der Waals surface area contributed by atoms with Gasteiger partial charge in [-0.2, -0.15) is 5.26 Å². The Balaban J connectivity index is 2.50. The number of benzene rings is 1. The van der Waals surface area contributed by atoms with Gasteiger partial charge < -0.3 is 15.0 Å². The van der Waals surface area contributed by atoms with Crippen LogP contribution in [0.4, 0.5) is 4.79 Å². The minimum Gasteiger partial charge on any atom is -0.444 e. The molecule has 126 valence electrons. The maximum absolute atomic E-state index is 12.1. The van der Waals surface area contributed by atoms with Gasteiger partial charge in [0.15, 0.2) is 0 Å². The van der Waals surface area contributed by atoms with Crippen LogP contribution in [0.5, 0.6) is 0 Å². The van der Waals surface area contributed by atoms with E-state index in [1.54, 1.807) is 11.0 Å². The van der Waals surface area contributed by atoms with Crippen LogP contribution in [0.1, 0.15) is 51.8 Å². The standard InChI is InChI=1S/C18H27N3O2/c1-6-21(17(22)23-18(3,4)5)11-10-20-14(2)16-9-7-8-15(12-16)13-19/h7-9,12,14,20H,6,10-11H2,1-5H3. The summed E-state index contributed by atoms with van der Waals surface area (Å²) in [6, 6.07) is 9.79. The Kier molecular flexibility index (Phi) is 7.05. The van der Waals surface area contributed by atoms with Gasteiger partial charge in [0.1, 0.15) is 5.60 Å². The number of carbonyl (C=O) groups is 1. The van der Waals surface area contributed by atoms with Gasteiger partial charge in [0.2, 0.25) is 0 Å². The first-order chi connectivity index (χ1) is 10.8. The van der Waals surface area contributed by atoms with Crippen LogP contribution in [0.15, 0.2) is 24.3 Å². The normalized spacial score (nSPS) is 12.3. The highest BCUT2D eigenvalue weighted by Gasteiger charge is 2.20. The first kappa shape index (κ1) is 19.0. The van der Waals surface area contributed by atoms with Gasteiger partial charge in [0, 0.05) is 25.7 Å². The Morgan fingerprint density at radius 2 is 2.13 bits per heavy atom. The van der Waals surface area contributed by atoms with Crippen LogP contribution >= 0.6 is 0 Å². The molecule has 1 amide bonds. The highest BCUT2D eigenvalue weighted by molar-refractivity contribution is 5.68. The molecule has 1 aromatic rings. The number of likely N-dealkylation sites (N-methyl/N-ethyl adjacent to an activating group) is 1. The van der Waals surface area contributed by atoms with Crippen LogP contribution in [0.2, 0.25) is 0 Å². The number of hydrogen-bond acceptors (Lipinski definition) is 4. The molecule has 5 heteroatoms. The Labute approximate surface area is 139 Å². The van der Waals surface area contributed by atoms with Crippen molar-refractivity contribution < 1.29 is 9.53 Å². The predicted molar refractivity (Wildman–Crippen MR) is 91.1 cm³/mol. The van der Waals surface area contributed by atoms with E-state index in [1.807, 2.05) is 52.8 Å². The molecule has 1 aromatic carbocycles. The topological polar surface area (TPSA) is 65.4 Å². The predicted octanol–water partition coefficient (Wildman–Crippen LogP) is 3.47. The van der Waals surface area contributed by atoms with Crippen molar-refractivity contribution in [2.75, 3.05) is 19.6 Å². The van der Waals surface area contributed by atoms with Gasteiger partial charge >= 0.3 is 6.09 Å². The first-order valence-electron chi connectivity index (χ1n) is 7.98. The molecule has 0 bridgehead atoms. The molecule has 0 aliphatic rings. The van der Waals surface area contributed by atoms with E-state index in [1.165, 1.54) is 0 Å². The van der Waals surface area contributed by atoms with Gasteiger partial charge in [0.05, 0.1) is 11.6 Å². The van der Waals surface area contributed by atoms with Crippen LogP contribution < -0.4 is 5.32 Å². The van der Waals surface area contributed by atoms with E-state index < -0.39 is 5.60 Å². The van der Waals surface area contributed by atoms with Crippen LogP contribution in [0.3, 0.4) is 0 Å². The number of rotatable bonds is 6. The molecule has 0 aliphatic carbocycles. The van der Waals surface area contributed by atoms with E-state index in [-0.39, 0.29) is 12.1 Å². The summed E-state index contributed by atoms with van der Waals surface area (Å²) < 4.78 is 5.39. The van der Waals surface area contributed by atoms with E-state index in [0.717, 1.165) is 5.56 Å². The highest BCUT2D eigenvalue weighted by Crippen LogP contribution is 2.14. The number of amides is 1. The number of carbonyl (C=O) groups excluding carboxylic acids is 1. The molecule has 0 saturated heterocycles. The fraction of sp³-hybridized carbons (Fsp3) is 0.556. The number of nitrogens with one attached hydrogen (secondary N) is 1. The summed E-state index contributed by atoms with van der Waals surface area (Å²) in [7, 11) is 0. The van der Waals surface area contributed by atoms with Gasteiger partial charge in [-0.25, -0.2) is 4.79 Å². The van der Waals surface area contributed by atoms with Crippen molar-refractivity contribution >= 4 is 6.09 Å². The number of nitrogens with zero attached hydrogens (tertiary/aromatic N) is 2. The summed E-state index contributed by atoms with van der Waals surface area (Å²) in [6.07, 6.45) is -0.291. The summed E-state index contributed by atoms with van der Waals surface area (Å²) in [5, 5.41) is 12.3. The van der Waals surface area contributed by atoms with Gasteiger partial charge in [-0.05, 0) is 52.3 Å². The van der Waals surface area contributed by atoms with Crippen molar-refractivity contribution in [1.82, 2.24) is 10.2 Å². The molecule has 0 saturated carbocycles. The van der Waals surface area contributed by atoms with Crippen molar-refractivity contribution in [1.29, 1.82) is 5.26 Å². The number of hydrogen-bond donors (Lipinski definition) is 1. The van der Waals surface area contributed by atoms with Crippen molar-refractivity contribution in [3.05, 3.63) is 35.4 Å². The molecule has 1 atom stereocenters. The molecule has 0 radical (unpaired) electrons. The molecule has 1 rings (SSSR count). The molecule has 0 spiro atoms. The van der Waals surface area contributed by atoms with Gasteiger partial charge in [0.25, 0.3) is 0 Å². The Morgan fingerprint density at radius 3 is 2.70 bits per heavy atom. The lowest BCUT2D eigenvalue weighted by atomic mass is 10.1. The Bertz CT molecular complexity index is 558. The smallest absolute Gasteiger partial charge is 0.410 e. The second-order valence-electron chi connectivity index (χ2n) is 6.47. The largest absolute Gasteiger partial charge is 0.444 e. The maximum Gasteiger partial charge on any atom is 0.410 e. The Morgan fingerprint density at radius 1 is 1.43 bits per heavy atom. The molecule has 1 N–H and O–H groups in total. The van der Waals surface area contributed by atoms with Gasteiger partial charge in [-0.1, -0.05) is 12.1 Å². The van der Waals surface area contributed by atoms with E-state index in [2.05, 4.69) is 11.4 Å². The molecule has 0 aliphatic heterocycles. The zero-order chi connectivity index (χ0) is 17.5. The lowest BCUT2D eigenvalue weighted by molar-refractivity contribution is 0.0261. The third-order valence-electron chi connectivity index (χ3n) is 3.38. The number of ether oxygens (including phenoxy) is 1. The number of nitriles is 1. The molecule has 0 fully saturated rings. The summed E-state index contributed by atoms with van der Waals surface area (Å²) in [5.74, 6) is 0. The molecular formula is C18H27N3O2. The quantitative estimate of drug-likeness (QED) is 0.872. The monoisotopic (exact) mass is 317 g/mol. The summed E-state index contributed by atoms with van der Waals surface area (Å²) in [5.41, 5.74) is 1.23. The molecule has 0 heterocycles. The van der Waals surface area contributed by atoms with E-state index >= 15 is 0 Å². The third kappa shape index (κ3) is 6.70. The third-order valence-corrected chi connectivity index (χ3v) is 3.38. The van der Waals surface area contributed by atoms with Crippen molar-refractivity contribution in [2.24, 2.45) is 0 Å². The fourth-order valence-electron chi connectivity index (χ4n) is 2.12. The Hall–Kier alpha value is -2.06. The summed E-state index contributed by atoms with van der Waals surface area (Å²) >= 11 is 0. The molecule has 0 aromatic heterocycles. The van der Waals surface area contributed by atoms with Crippen molar-refractivity contribution in [2.45, 2.75) is 46.3 Å². The second kappa shape index (κ2) is 8.54. The van der Waals surface area contributed by atoms with Gasteiger partial charge in [-0.15, -0.1) is 0 Å². The average molecular weight is 317 g/mol. The van der Waals surface area contributed by atoms with E-state index in [0.29, 0.717) is 25.2 Å². The zero-order valence-corrected chi connectivity index (χ0v) is 14.7. The lowest BCUT2D eigenvalue weighted by Gasteiger charge is -2.27. The van der Waals surface area contributed by atoms with Crippen molar-refractivity contribution in [3.63, 3.8) is 0 Å². The van der Waals surface area contributed by atoms with Crippen LogP contribution in [-0.4, -0.2) is 36.2 Å². The molecular weight excluding hydrogens is 290 g/mol. The SMILES string of the molecule is CCN(CCNC(C)c1cccc(C#N)c1)C(=O)OC(C)(C)C. The molecule has 5 nitrogen and oxygen atoms in total. The summed E-state index contributed by atoms with van der Waals surface area (Å²) in [6.45, 7) is 11.4. The highest BCUT2D eigenvalue weighted by atomic mass is 16.6. The summed E-state index contributed by atoms with van der Waals surface area (Å²) in [4.78, 5) is 13.7. The van der Waals surface area contributed by atoms with Crippen molar-refractivity contribution in [3.8, 4) is 6.07 Å². The fourth-order valence-corrected chi connectivity index (χ4v) is 2.12. The first-order valence-corrected chi connectivity index (χ1v) is 7.98. The van der Waals surface area contributed by atoms with Crippen LogP contribution in [0.25, 0.3) is 0 Å².